The van der Waals surface area contributed by atoms with Crippen LogP contribution in [0, 0.1) is 5.92 Å². The molecule has 0 bridgehead atoms. The van der Waals surface area contributed by atoms with Crippen molar-refractivity contribution >= 4 is 17.9 Å². The molecule has 114 valence electrons. The lowest BCUT2D eigenvalue weighted by atomic mass is 10.0. The average molecular weight is 284 g/mol. The van der Waals surface area contributed by atoms with Crippen molar-refractivity contribution in [3.63, 3.8) is 0 Å². The lowest BCUT2D eigenvalue weighted by Gasteiger charge is -2.15. The van der Waals surface area contributed by atoms with Crippen LogP contribution in [-0.4, -0.2) is 29.1 Å². The van der Waals surface area contributed by atoms with E-state index < -0.39 is 17.9 Å². The number of hydrogen-bond donors (Lipinski definition) is 3. The van der Waals surface area contributed by atoms with Gasteiger partial charge in [-0.3, -0.25) is 10.1 Å². The minimum Gasteiger partial charge on any atom is -0.478 e. The number of hydrogen-bond acceptors (Lipinski definition) is 3. The summed E-state index contributed by atoms with van der Waals surface area (Å²) in [7, 11) is 0. The molecule has 0 saturated carbocycles. The Kier molecular flexibility index (Phi) is 7.57. The zero-order valence-electron chi connectivity index (χ0n) is 12.7. The SMILES string of the molecule is CC(C(=O)O)=C(C)C(=O)NC(=O)NC(C)CCC(C)C. The van der Waals surface area contributed by atoms with Gasteiger partial charge in [0.25, 0.3) is 5.91 Å². The number of carbonyl (C=O) groups is 3. The fraction of sp³-hybridized carbons (Fsp3) is 0.643. The van der Waals surface area contributed by atoms with Gasteiger partial charge in [0, 0.05) is 17.2 Å². The summed E-state index contributed by atoms with van der Waals surface area (Å²) >= 11 is 0. The van der Waals surface area contributed by atoms with Crippen LogP contribution in [0.4, 0.5) is 4.79 Å². The van der Waals surface area contributed by atoms with Crippen molar-refractivity contribution < 1.29 is 19.5 Å². The maximum Gasteiger partial charge on any atom is 0.331 e. The molecule has 0 aromatic rings. The fourth-order valence-electron chi connectivity index (χ4n) is 1.44. The van der Waals surface area contributed by atoms with Crippen LogP contribution in [0.5, 0.6) is 0 Å². The highest BCUT2D eigenvalue weighted by atomic mass is 16.4. The topological polar surface area (TPSA) is 95.5 Å². The van der Waals surface area contributed by atoms with Crippen molar-refractivity contribution in [1.82, 2.24) is 10.6 Å². The first-order chi connectivity index (χ1) is 9.15. The third-order valence-corrected chi connectivity index (χ3v) is 3.01. The third-order valence-electron chi connectivity index (χ3n) is 3.01. The van der Waals surface area contributed by atoms with E-state index in [1.165, 1.54) is 13.8 Å². The largest absolute Gasteiger partial charge is 0.478 e. The summed E-state index contributed by atoms with van der Waals surface area (Å²) in [6, 6.07) is -0.654. The van der Waals surface area contributed by atoms with Gasteiger partial charge >= 0.3 is 12.0 Å². The van der Waals surface area contributed by atoms with E-state index in [2.05, 4.69) is 24.5 Å². The van der Waals surface area contributed by atoms with Gasteiger partial charge in [-0.2, -0.15) is 0 Å². The molecule has 3 N–H and O–H groups in total. The molecule has 0 spiro atoms. The lowest BCUT2D eigenvalue weighted by molar-refractivity contribution is -0.133. The second kappa shape index (κ2) is 8.35. The van der Waals surface area contributed by atoms with E-state index in [1.807, 2.05) is 6.92 Å². The zero-order valence-corrected chi connectivity index (χ0v) is 12.7. The molecule has 0 heterocycles. The fourth-order valence-corrected chi connectivity index (χ4v) is 1.44. The number of urea groups is 1. The van der Waals surface area contributed by atoms with E-state index in [0.29, 0.717) is 5.92 Å². The molecular formula is C14H24N2O4. The number of imide groups is 1. The van der Waals surface area contributed by atoms with Crippen molar-refractivity contribution in [2.24, 2.45) is 5.92 Å². The van der Waals surface area contributed by atoms with E-state index in [9.17, 15) is 14.4 Å². The second-order valence-electron chi connectivity index (χ2n) is 5.35. The van der Waals surface area contributed by atoms with Gasteiger partial charge in [-0.25, -0.2) is 9.59 Å². The van der Waals surface area contributed by atoms with Crippen molar-refractivity contribution in [2.75, 3.05) is 0 Å². The van der Waals surface area contributed by atoms with E-state index in [4.69, 9.17) is 5.11 Å². The van der Waals surface area contributed by atoms with Crippen LogP contribution in [0.1, 0.15) is 47.5 Å². The number of carboxylic acids is 1. The zero-order chi connectivity index (χ0) is 15.9. The Morgan fingerprint density at radius 3 is 2.00 bits per heavy atom. The van der Waals surface area contributed by atoms with Crippen LogP contribution in [0.3, 0.4) is 0 Å². The molecule has 0 aromatic carbocycles. The summed E-state index contributed by atoms with van der Waals surface area (Å²) < 4.78 is 0. The van der Waals surface area contributed by atoms with Gasteiger partial charge < -0.3 is 10.4 Å². The Labute approximate surface area is 119 Å². The van der Waals surface area contributed by atoms with Gasteiger partial charge in [0.2, 0.25) is 0 Å². The van der Waals surface area contributed by atoms with Crippen LogP contribution < -0.4 is 10.6 Å². The molecule has 3 amide bonds. The van der Waals surface area contributed by atoms with Crippen LogP contribution in [0.15, 0.2) is 11.1 Å². The van der Waals surface area contributed by atoms with Gasteiger partial charge in [-0.15, -0.1) is 0 Å². The number of rotatable bonds is 6. The molecule has 1 unspecified atom stereocenters. The summed E-state index contributed by atoms with van der Waals surface area (Å²) in [5.74, 6) is -1.32. The highest BCUT2D eigenvalue weighted by Crippen LogP contribution is 2.06. The molecule has 6 heteroatoms. The molecule has 0 aliphatic heterocycles. The van der Waals surface area contributed by atoms with E-state index in [0.717, 1.165) is 12.8 Å². The van der Waals surface area contributed by atoms with Crippen molar-refractivity contribution in [1.29, 1.82) is 0 Å². The Bertz CT molecular complexity index is 413. The summed E-state index contributed by atoms with van der Waals surface area (Å²) in [4.78, 5) is 34.0. The molecular weight excluding hydrogens is 260 g/mol. The Morgan fingerprint density at radius 2 is 1.55 bits per heavy atom. The summed E-state index contributed by atoms with van der Waals surface area (Å²) in [5.41, 5.74) is -0.0642. The quantitative estimate of drug-likeness (QED) is 0.650. The number of nitrogens with one attached hydrogen (secondary N) is 2. The highest BCUT2D eigenvalue weighted by molar-refractivity contribution is 6.07. The van der Waals surface area contributed by atoms with Crippen molar-refractivity contribution in [2.45, 2.75) is 53.5 Å². The van der Waals surface area contributed by atoms with Gasteiger partial charge in [-0.1, -0.05) is 13.8 Å². The standard InChI is InChI=1S/C14H24N2O4/c1-8(2)6-7-9(3)15-14(20)16-12(17)10(4)11(5)13(18)19/h8-9H,6-7H2,1-5H3,(H,18,19)(H2,15,16,17,20). The minimum absolute atomic E-state index is 0.0162. The monoisotopic (exact) mass is 284 g/mol. The average Bonchev–Trinajstić information content (AvgIpc) is 2.33. The first-order valence-corrected chi connectivity index (χ1v) is 6.67. The Morgan fingerprint density at radius 1 is 1.00 bits per heavy atom. The molecule has 0 rings (SSSR count). The molecule has 0 radical (unpaired) electrons. The Hall–Kier alpha value is -1.85. The number of carboxylic acid groups (broad SMARTS) is 1. The van der Waals surface area contributed by atoms with Crippen LogP contribution in [-0.2, 0) is 9.59 Å². The molecule has 0 saturated heterocycles. The maximum atomic E-state index is 11.7. The lowest BCUT2D eigenvalue weighted by Crippen LogP contribution is -2.44. The predicted molar refractivity (Wildman–Crippen MR) is 76.2 cm³/mol. The van der Waals surface area contributed by atoms with Gasteiger partial charge in [0.15, 0.2) is 0 Å². The highest BCUT2D eigenvalue weighted by Gasteiger charge is 2.16. The predicted octanol–water partition coefficient (Wildman–Crippen LogP) is 2.06. The summed E-state index contributed by atoms with van der Waals surface area (Å²) in [6.07, 6.45) is 1.80. The minimum atomic E-state index is -1.18. The van der Waals surface area contributed by atoms with Crippen LogP contribution in [0.25, 0.3) is 0 Å². The first kappa shape index (κ1) is 18.1. The Balaban J connectivity index is 4.37. The molecule has 0 aromatic heterocycles. The van der Waals surface area contributed by atoms with Crippen LogP contribution >= 0.6 is 0 Å². The molecule has 20 heavy (non-hydrogen) atoms. The van der Waals surface area contributed by atoms with E-state index in [1.54, 1.807) is 0 Å². The number of amides is 3. The maximum absolute atomic E-state index is 11.7. The van der Waals surface area contributed by atoms with E-state index >= 15 is 0 Å². The number of carbonyl (C=O) groups excluding carboxylic acids is 2. The molecule has 6 nitrogen and oxygen atoms in total. The smallest absolute Gasteiger partial charge is 0.331 e. The molecule has 0 fully saturated rings. The number of aliphatic carboxylic acids is 1. The van der Waals surface area contributed by atoms with Gasteiger partial charge in [-0.05, 0) is 39.5 Å². The van der Waals surface area contributed by atoms with Gasteiger partial charge in [0.1, 0.15) is 0 Å². The summed E-state index contributed by atoms with van der Waals surface area (Å²) in [6.45, 7) is 8.74. The molecule has 0 aliphatic rings. The molecule has 0 aliphatic carbocycles. The third kappa shape index (κ3) is 6.92. The van der Waals surface area contributed by atoms with E-state index in [-0.39, 0.29) is 17.2 Å². The second-order valence-corrected chi connectivity index (χ2v) is 5.35. The van der Waals surface area contributed by atoms with Crippen molar-refractivity contribution in [3.05, 3.63) is 11.1 Å². The first-order valence-electron chi connectivity index (χ1n) is 6.67. The van der Waals surface area contributed by atoms with Crippen LogP contribution in [0.2, 0.25) is 0 Å². The normalized spacial score (nSPS) is 13.5. The van der Waals surface area contributed by atoms with Gasteiger partial charge in [0.05, 0.1) is 0 Å². The summed E-state index contributed by atoms with van der Waals surface area (Å²) in [5, 5.41) is 13.5. The molecule has 1 atom stereocenters. The van der Waals surface area contributed by atoms with Crippen molar-refractivity contribution in [3.8, 4) is 0 Å².